The summed E-state index contributed by atoms with van der Waals surface area (Å²) in [5, 5.41) is 2.45. The van der Waals surface area contributed by atoms with Gasteiger partial charge in [-0.05, 0) is 23.8 Å². The summed E-state index contributed by atoms with van der Waals surface area (Å²) in [7, 11) is -10.5. The van der Waals surface area contributed by atoms with Gasteiger partial charge in [-0.2, -0.15) is 8.42 Å². The van der Waals surface area contributed by atoms with Crippen molar-refractivity contribution < 1.29 is 54.8 Å². The first kappa shape index (κ1) is 32.5. The second-order valence-electron chi connectivity index (χ2n) is 9.03. The lowest BCUT2D eigenvalue weighted by atomic mass is 9.89. The molecular formula is C20H35NO12P2S+2. The second kappa shape index (κ2) is 15.6. The van der Waals surface area contributed by atoms with Crippen molar-refractivity contribution >= 4 is 44.2 Å². The Bertz CT molecular complexity index is 902. The maximum atomic E-state index is 12.7. The number of rotatable bonds is 16. The first-order valence-corrected chi connectivity index (χ1v) is 15.5. The standard InChI is InChI=1S/C20H33NO12P2S/c1-15(22)21-10-7-13-36(28,29)32-14-20(2,3)17(34(25)33-35(26)27)19(24)31-12-11-30-18(23)16-8-5-4-6-9-16/h16-17H,4-14H2,1-3H3/p+2/t17-/m0/s1. The molecule has 0 radical (unpaired) electrons. The molecular weight excluding hydrogens is 540 g/mol. The van der Waals surface area contributed by atoms with E-state index in [-0.39, 0.29) is 44.0 Å². The van der Waals surface area contributed by atoms with Crippen LogP contribution in [-0.4, -0.2) is 68.9 Å². The largest absolute Gasteiger partial charge is 0.742 e. The van der Waals surface area contributed by atoms with Crippen molar-refractivity contribution in [2.24, 2.45) is 11.3 Å². The highest BCUT2D eigenvalue weighted by molar-refractivity contribution is 7.86. The highest BCUT2D eigenvalue weighted by Gasteiger charge is 2.57. The first-order valence-electron chi connectivity index (χ1n) is 11.5. The molecule has 0 bridgehead atoms. The summed E-state index contributed by atoms with van der Waals surface area (Å²) in [6.07, 6.45) is 4.51. The number of nitrogens with one attached hydrogen (secondary N) is 1. The zero-order chi connectivity index (χ0) is 27.4. The second-order valence-corrected chi connectivity index (χ2v) is 13.0. The van der Waals surface area contributed by atoms with Gasteiger partial charge in [0.15, 0.2) is 0 Å². The number of hydrogen-bond donors (Lipinski definition) is 2. The lowest BCUT2D eigenvalue weighted by molar-refractivity contribution is -0.156. The predicted molar refractivity (Wildman–Crippen MR) is 128 cm³/mol. The van der Waals surface area contributed by atoms with E-state index in [9.17, 15) is 31.9 Å². The Morgan fingerprint density at radius 2 is 1.69 bits per heavy atom. The van der Waals surface area contributed by atoms with Crippen LogP contribution >= 0.6 is 16.3 Å². The molecule has 0 aromatic carbocycles. The van der Waals surface area contributed by atoms with Crippen molar-refractivity contribution in [1.82, 2.24) is 5.32 Å². The van der Waals surface area contributed by atoms with Crippen LogP contribution in [0.3, 0.4) is 0 Å². The van der Waals surface area contributed by atoms with Crippen LogP contribution < -0.4 is 5.32 Å². The monoisotopic (exact) mass is 575 g/mol. The third kappa shape index (κ3) is 12.6. The summed E-state index contributed by atoms with van der Waals surface area (Å²) < 4.78 is 67.5. The van der Waals surface area contributed by atoms with E-state index in [0.717, 1.165) is 32.1 Å². The van der Waals surface area contributed by atoms with E-state index in [1.54, 1.807) is 0 Å². The first-order chi connectivity index (χ1) is 16.7. The van der Waals surface area contributed by atoms with Gasteiger partial charge in [-0.3, -0.25) is 13.8 Å². The Kier molecular flexibility index (Phi) is 14.1. The molecule has 206 valence electrons. The molecule has 1 rings (SSSR count). The Hall–Kier alpha value is -1.56. The third-order valence-electron chi connectivity index (χ3n) is 5.39. The third-order valence-corrected chi connectivity index (χ3v) is 9.19. The van der Waals surface area contributed by atoms with Crippen molar-refractivity contribution in [2.45, 2.75) is 65.0 Å². The lowest BCUT2D eigenvalue weighted by Crippen LogP contribution is -2.40. The molecule has 0 aromatic rings. The summed E-state index contributed by atoms with van der Waals surface area (Å²) in [4.78, 5) is 44.6. The van der Waals surface area contributed by atoms with Crippen LogP contribution in [0.4, 0.5) is 0 Å². The minimum Gasteiger partial charge on any atom is -0.462 e. The van der Waals surface area contributed by atoms with Gasteiger partial charge >= 0.3 is 28.2 Å². The molecule has 0 spiro atoms. The van der Waals surface area contributed by atoms with Crippen molar-refractivity contribution in [2.75, 3.05) is 32.1 Å². The number of ether oxygens (including phenoxy) is 2. The number of carbonyl (C=O) groups is 3. The molecule has 1 aliphatic carbocycles. The molecule has 1 amide bonds. The van der Waals surface area contributed by atoms with Gasteiger partial charge in [0.2, 0.25) is 5.91 Å². The molecule has 1 aliphatic rings. The normalized spacial score (nSPS) is 16.6. The van der Waals surface area contributed by atoms with Crippen LogP contribution in [0.5, 0.6) is 0 Å². The van der Waals surface area contributed by atoms with Gasteiger partial charge in [0, 0.05) is 18.0 Å². The van der Waals surface area contributed by atoms with Gasteiger partial charge in [0.1, 0.15) is 17.5 Å². The Morgan fingerprint density at radius 3 is 2.28 bits per heavy atom. The molecule has 0 saturated heterocycles. The number of carbonyl (C=O) groups excluding carboxylic acids is 3. The smallest absolute Gasteiger partial charge is 0.462 e. The summed E-state index contributed by atoms with van der Waals surface area (Å²) in [5.74, 6) is -2.41. The summed E-state index contributed by atoms with van der Waals surface area (Å²) in [6.45, 7) is 2.91. The van der Waals surface area contributed by atoms with Gasteiger partial charge in [-0.25, -0.2) is 4.79 Å². The van der Waals surface area contributed by atoms with Gasteiger partial charge < -0.3 is 14.8 Å². The van der Waals surface area contributed by atoms with E-state index in [2.05, 4.69) is 9.63 Å². The van der Waals surface area contributed by atoms with E-state index in [0.29, 0.717) is 0 Å². The van der Waals surface area contributed by atoms with E-state index in [1.807, 2.05) is 0 Å². The average molecular weight is 576 g/mol. The van der Waals surface area contributed by atoms with Crippen LogP contribution in [0.25, 0.3) is 0 Å². The Labute approximate surface area is 212 Å². The molecule has 2 unspecified atom stereocenters. The van der Waals surface area contributed by atoms with E-state index in [4.69, 9.17) is 18.6 Å². The van der Waals surface area contributed by atoms with Crippen molar-refractivity contribution in [1.29, 1.82) is 0 Å². The number of hydrogen-bond acceptors (Lipinski definition) is 11. The Balaban J connectivity index is 2.71. The summed E-state index contributed by atoms with van der Waals surface area (Å²) in [5.41, 5.74) is -3.14. The average Bonchev–Trinajstić information content (AvgIpc) is 2.78. The van der Waals surface area contributed by atoms with Crippen LogP contribution in [0.15, 0.2) is 0 Å². The fourth-order valence-corrected chi connectivity index (χ4v) is 6.44. The van der Waals surface area contributed by atoms with Gasteiger partial charge in [0.25, 0.3) is 15.8 Å². The Morgan fingerprint density at radius 1 is 1.08 bits per heavy atom. The maximum absolute atomic E-state index is 12.7. The van der Waals surface area contributed by atoms with Gasteiger partial charge in [-0.1, -0.05) is 33.1 Å². The molecule has 3 atom stereocenters. The fourth-order valence-electron chi connectivity index (χ4n) is 3.52. The van der Waals surface area contributed by atoms with Crippen LogP contribution in [-0.2, 0) is 51.6 Å². The van der Waals surface area contributed by atoms with Gasteiger partial charge in [-0.15, -0.1) is 4.89 Å². The van der Waals surface area contributed by atoms with Crippen molar-refractivity contribution in [3.63, 3.8) is 0 Å². The molecule has 13 nitrogen and oxygen atoms in total. The number of amides is 1. The fraction of sp³-hybridized carbons (Fsp3) is 0.850. The zero-order valence-corrected chi connectivity index (χ0v) is 23.3. The van der Waals surface area contributed by atoms with E-state index < -0.39 is 55.8 Å². The van der Waals surface area contributed by atoms with Crippen LogP contribution in [0.2, 0.25) is 0 Å². The van der Waals surface area contributed by atoms with E-state index in [1.165, 1.54) is 20.8 Å². The maximum Gasteiger partial charge on any atom is 0.742 e. The van der Waals surface area contributed by atoms with Crippen molar-refractivity contribution in [3.05, 3.63) is 0 Å². The highest BCUT2D eigenvalue weighted by atomic mass is 32.2. The van der Waals surface area contributed by atoms with Crippen LogP contribution in [0.1, 0.15) is 59.3 Å². The highest BCUT2D eigenvalue weighted by Crippen LogP contribution is 2.47. The molecule has 2 N–H and O–H groups in total. The SMILES string of the molecule is CC(=O)NCCCS(=O)(=O)OCC(C)(C)[C@H](C(=O)OCCOC(=O)C1CCCCC1)[P+](=O)O[P+](=O)O. The lowest BCUT2D eigenvalue weighted by Gasteiger charge is -2.24. The topological polar surface area (TPSA) is 189 Å². The van der Waals surface area contributed by atoms with Crippen LogP contribution in [0, 0.1) is 11.3 Å². The summed E-state index contributed by atoms with van der Waals surface area (Å²) >= 11 is 0. The van der Waals surface area contributed by atoms with Gasteiger partial charge in [0.05, 0.1) is 23.7 Å². The minimum absolute atomic E-state index is 0.0791. The quantitative estimate of drug-likeness (QED) is 0.118. The molecule has 0 heterocycles. The van der Waals surface area contributed by atoms with Crippen molar-refractivity contribution in [3.8, 4) is 0 Å². The number of esters is 2. The molecule has 0 aromatic heterocycles. The minimum atomic E-state index is -4.07. The molecule has 36 heavy (non-hydrogen) atoms. The van der Waals surface area contributed by atoms with E-state index >= 15 is 0 Å². The predicted octanol–water partition coefficient (Wildman–Crippen LogP) is 2.33. The molecule has 0 aliphatic heterocycles. The molecule has 1 saturated carbocycles. The zero-order valence-electron chi connectivity index (χ0n) is 20.7. The molecule has 1 fully saturated rings. The summed E-state index contributed by atoms with van der Waals surface area (Å²) in [6, 6.07) is 0. The molecule has 16 heteroatoms.